The van der Waals surface area contributed by atoms with Gasteiger partial charge in [-0.2, -0.15) is 0 Å². The number of rotatable bonds is 4. The summed E-state index contributed by atoms with van der Waals surface area (Å²) in [6.07, 6.45) is 3.58. The molecule has 0 saturated heterocycles. The lowest BCUT2D eigenvalue weighted by Crippen LogP contribution is -2.32. The van der Waals surface area contributed by atoms with E-state index in [2.05, 4.69) is 9.97 Å². The number of hydrogen-bond donors (Lipinski definition) is 1. The second-order valence-corrected chi connectivity index (χ2v) is 7.52. The van der Waals surface area contributed by atoms with Crippen molar-refractivity contribution < 1.29 is 0 Å². The zero-order valence-corrected chi connectivity index (χ0v) is 16.4. The van der Waals surface area contributed by atoms with Crippen molar-refractivity contribution in [1.82, 2.24) is 9.97 Å². The van der Waals surface area contributed by atoms with Crippen LogP contribution in [0.5, 0.6) is 0 Å². The van der Waals surface area contributed by atoms with Crippen LogP contribution in [-0.4, -0.2) is 9.97 Å². The molecule has 27 heavy (non-hydrogen) atoms. The Kier molecular flexibility index (Phi) is 4.96. The minimum Gasteiger partial charge on any atom is -0.347 e. The van der Waals surface area contributed by atoms with Crippen LogP contribution in [0.1, 0.15) is 22.5 Å². The molecule has 1 heterocycles. The van der Waals surface area contributed by atoms with E-state index in [4.69, 9.17) is 34.8 Å². The first-order chi connectivity index (χ1) is 13.1. The molecule has 0 spiro atoms. The number of nitrogens with zero attached hydrogens (tertiary/aromatic N) is 1. The maximum atomic E-state index is 6.16. The quantitative estimate of drug-likeness (QED) is 0.368. The summed E-state index contributed by atoms with van der Waals surface area (Å²) in [7, 11) is 0. The number of nitrogens with one attached hydrogen (secondary N) is 1. The first-order valence-corrected chi connectivity index (χ1v) is 9.52. The third-order valence-corrected chi connectivity index (χ3v) is 5.44. The highest BCUT2D eigenvalue weighted by Gasteiger charge is 2.40. The lowest BCUT2D eigenvalue weighted by atomic mass is 9.69. The second-order valence-electron chi connectivity index (χ2n) is 6.21. The minimum atomic E-state index is -0.663. The molecule has 2 nitrogen and oxygen atoms in total. The van der Waals surface area contributed by atoms with Gasteiger partial charge in [0, 0.05) is 27.5 Å². The van der Waals surface area contributed by atoms with Crippen molar-refractivity contribution in [2.24, 2.45) is 0 Å². The summed E-state index contributed by atoms with van der Waals surface area (Å²) in [4.78, 5) is 7.94. The van der Waals surface area contributed by atoms with Gasteiger partial charge in [-0.15, -0.1) is 0 Å². The lowest BCUT2D eigenvalue weighted by Gasteiger charge is -2.34. The van der Waals surface area contributed by atoms with Crippen LogP contribution < -0.4 is 0 Å². The van der Waals surface area contributed by atoms with Crippen LogP contribution in [0.2, 0.25) is 15.1 Å². The van der Waals surface area contributed by atoms with Crippen molar-refractivity contribution >= 4 is 34.8 Å². The van der Waals surface area contributed by atoms with Gasteiger partial charge in [0.1, 0.15) is 11.2 Å². The van der Waals surface area contributed by atoms with E-state index < -0.39 is 5.41 Å². The van der Waals surface area contributed by atoms with Gasteiger partial charge in [0.25, 0.3) is 0 Å². The van der Waals surface area contributed by atoms with Gasteiger partial charge in [-0.25, -0.2) is 4.98 Å². The summed E-state index contributed by atoms with van der Waals surface area (Å²) in [6, 6.07) is 23.5. The highest BCUT2D eigenvalue weighted by atomic mass is 35.5. The first kappa shape index (κ1) is 18.1. The Bertz CT molecular complexity index is 912. The van der Waals surface area contributed by atoms with Crippen LogP contribution in [0.4, 0.5) is 0 Å². The molecule has 0 unspecified atom stereocenters. The maximum absolute atomic E-state index is 6.16. The molecule has 1 N–H and O–H groups in total. The number of aromatic nitrogens is 2. The minimum absolute atomic E-state index is 0.663. The Labute approximate surface area is 172 Å². The van der Waals surface area contributed by atoms with Gasteiger partial charge in [-0.05, 0) is 53.1 Å². The zero-order chi connectivity index (χ0) is 18.9. The Morgan fingerprint density at radius 3 is 1.26 bits per heavy atom. The average molecular weight is 414 g/mol. The second kappa shape index (κ2) is 7.40. The number of hydrogen-bond acceptors (Lipinski definition) is 1. The predicted molar refractivity (Wildman–Crippen MR) is 112 cm³/mol. The number of halogens is 3. The van der Waals surface area contributed by atoms with E-state index in [9.17, 15) is 0 Å². The largest absolute Gasteiger partial charge is 0.347 e. The van der Waals surface area contributed by atoms with Crippen LogP contribution in [0.25, 0.3) is 0 Å². The molecule has 0 fully saturated rings. The molecular formula is C22H15Cl3N2. The van der Waals surface area contributed by atoms with E-state index in [0.29, 0.717) is 15.1 Å². The highest BCUT2D eigenvalue weighted by molar-refractivity contribution is 6.31. The molecule has 134 valence electrons. The van der Waals surface area contributed by atoms with E-state index in [1.54, 1.807) is 6.20 Å². The molecule has 4 aromatic rings. The average Bonchev–Trinajstić information content (AvgIpc) is 3.21. The van der Waals surface area contributed by atoms with Crippen molar-refractivity contribution in [1.29, 1.82) is 0 Å². The third kappa shape index (κ3) is 3.25. The van der Waals surface area contributed by atoms with Gasteiger partial charge in [0.05, 0.1) is 0 Å². The zero-order valence-electron chi connectivity index (χ0n) is 14.2. The molecule has 0 saturated carbocycles. The number of benzene rings is 3. The molecule has 0 atom stereocenters. The van der Waals surface area contributed by atoms with Crippen LogP contribution in [-0.2, 0) is 5.41 Å². The van der Waals surface area contributed by atoms with Gasteiger partial charge in [-0.1, -0.05) is 71.2 Å². The number of imidazole rings is 1. The molecule has 0 amide bonds. The van der Waals surface area contributed by atoms with E-state index in [1.165, 1.54) is 0 Å². The summed E-state index contributed by atoms with van der Waals surface area (Å²) >= 11 is 18.5. The summed E-state index contributed by atoms with van der Waals surface area (Å²) in [5.74, 6) is 0.800. The predicted octanol–water partition coefficient (Wildman–Crippen LogP) is 6.75. The summed E-state index contributed by atoms with van der Waals surface area (Å²) in [5, 5.41) is 2.04. The van der Waals surface area contributed by atoms with Crippen LogP contribution >= 0.6 is 34.8 Å². The molecule has 5 heteroatoms. The molecule has 0 aliphatic carbocycles. The standard InChI is InChI=1S/C22H15Cl3N2/c23-18-7-1-15(2-8-18)22(21-26-13-14-27-21,16-3-9-19(24)10-4-16)17-5-11-20(25)12-6-17/h1-14H,(H,26,27). The molecule has 0 aliphatic rings. The van der Waals surface area contributed by atoms with Crippen molar-refractivity contribution in [3.63, 3.8) is 0 Å². The summed E-state index contributed by atoms with van der Waals surface area (Å²) < 4.78 is 0. The fourth-order valence-corrected chi connectivity index (χ4v) is 3.86. The van der Waals surface area contributed by atoms with Crippen LogP contribution in [0, 0.1) is 0 Å². The number of H-pyrrole nitrogens is 1. The van der Waals surface area contributed by atoms with Gasteiger partial charge < -0.3 is 4.98 Å². The Morgan fingerprint density at radius 2 is 0.963 bits per heavy atom. The van der Waals surface area contributed by atoms with Crippen LogP contribution in [0.3, 0.4) is 0 Å². The van der Waals surface area contributed by atoms with Gasteiger partial charge >= 0.3 is 0 Å². The monoisotopic (exact) mass is 412 g/mol. The fraction of sp³-hybridized carbons (Fsp3) is 0.0455. The SMILES string of the molecule is Clc1ccc(C(c2ccc(Cl)cc2)(c2ccc(Cl)cc2)c2ncc[nH]2)cc1. The molecule has 0 bridgehead atoms. The summed E-state index contributed by atoms with van der Waals surface area (Å²) in [6.45, 7) is 0. The molecule has 4 rings (SSSR count). The van der Waals surface area contributed by atoms with E-state index in [0.717, 1.165) is 22.5 Å². The first-order valence-electron chi connectivity index (χ1n) is 8.38. The molecule has 0 radical (unpaired) electrons. The molecule has 0 aliphatic heterocycles. The van der Waals surface area contributed by atoms with Crippen molar-refractivity contribution in [2.45, 2.75) is 5.41 Å². The van der Waals surface area contributed by atoms with Gasteiger partial charge in [0.2, 0.25) is 0 Å². The Morgan fingerprint density at radius 1 is 0.593 bits per heavy atom. The van der Waals surface area contributed by atoms with Crippen molar-refractivity contribution in [2.75, 3.05) is 0 Å². The van der Waals surface area contributed by atoms with E-state index in [-0.39, 0.29) is 0 Å². The van der Waals surface area contributed by atoms with Crippen molar-refractivity contribution in [3.05, 3.63) is 123 Å². The Balaban J connectivity index is 2.09. The molecular weight excluding hydrogens is 399 g/mol. The molecule has 3 aromatic carbocycles. The van der Waals surface area contributed by atoms with Crippen molar-refractivity contribution in [3.8, 4) is 0 Å². The fourth-order valence-electron chi connectivity index (χ4n) is 3.48. The van der Waals surface area contributed by atoms with E-state index in [1.807, 2.05) is 79.0 Å². The van der Waals surface area contributed by atoms with Gasteiger partial charge in [0.15, 0.2) is 0 Å². The smallest absolute Gasteiger partial charge is 0.125 e. The highest BCUT2D eigenvalue weighted by Crippen LogP contribution is 2.44. The summed E-state index contributed by atoms with van der Waals surface area (Å²) in [5.41, 5.74) is 2.44. The normalized spacial score (nSPS) is 11.5. The lowest BCUT2D eigenvalue weighted by molar-refractivity contribution is 0.692. The third-order valence-electron chi connectivity index (χ3n) is 4.69. The Hall–Kier alpha value is -2.26. The van der Waals surface area contributed by atoms with Crippen LogP contribution in [0.15, 0.2) is 85.2 Å². The number of aromatic amines is 1. The molecule has 1 aromatic heterocycles. The maximum Gasteiger partial charge on any atom is 0.125 e. The topological polar surface area (TPSA) is 28.7 Å². The van der Waals surface area contributed by atoms with E-state index >= 15 is 0 Å². The van der Waals surface area contributed by atoms with Gasteiger partial charge in [-0.3, -0.25) is 0 Å².